The van der Waals surface area contributed by atoms with Crippen LogP contribution in [0.15, 0.2) is 42.5 Å². The maximum Gasteiger partial charge on any atom is 0.162 e. The van der Waals surface area contributed by atoms with E-state index in [4.69, 9.17) is 0 Å². The molecule has 0 aliphatic rings. The van der Waals surface area contributed by atoms with E-state index in [1.807, 2.05) is 38.1 Å². The third-order valence-electron chi connectivity index (χ3n) is 3.39. The number of halogens is 2. The predicted molar refractivity (Wildman–Crippen MR) is 77.7 cm³/mol. The Hall–Kier alpha value is -1.74. The molecule has 0 saturated carbocycles. The highest BCUT2D eigenvalue weighted by molar-refractivity contribution is 5.27. The zero-order valence-electron chi connectivity index (χ0n) is 11.8. The Kier molecular flexibility index (Phi) is 4.85. The van der Waals surface area contributed by atoms with Gasteiger partial charge in [-0.3, -0.25) is 0 Å². The van der Waals surface area contributed by atoms with Gasteiger partial charge in [0.25, 0.3) is 0 Å². The number of rotatable bonds is 5. The van der Waals surface area contributed by atoms with E-state index in [0.717, 1.165) is 18.2 Å². The van der Waals surface area contributed by atoms with E-state index >= 15 is 0 Å². The quantitative estimate of drug-likeness (QED) is 0.863. The fourth-order valence-corrected chi connectivity index (χ4v) is 2.28. The SMILES string of the molecule is CCNC(Cc1cccc(F)c1F)c1ccc(C)cc1. The molecule has 2 rings (SSSR count). The Morgan fingerprint density at radius 3 is 2.40 bits per heavy atom. The second-order valence-electron chi connectivity index (χ2n) is 4.94. The van der Waals surface area contributed by atoms with Crippen LogP contribution in [0.5, 0.6) is 0 Å². The van der Waals surface area contributed by atoms with Gasteiger partial charge in [0, 0.05) is 6.04 Å². The Morgan fingerprint density at radius 1 is 1.05 bits per heavy atom. The van der Waals surface area contributed by atoms with Crippen LogP contribution in [0.4, 0.5) is 8.78 Å². The maximum absolute atomic E-state index is 13.8. The summed E-state index contributed by atoms with van der Waals surface area (Å²) >= 11 is 0. The first kappa shape index (κ1) is 14.7. The van der Waals surface area contributed by atoms with Gasteiger partial charge in [0.2, 0.25) is 0 Å². The third kappa shape index (κ3) is 3.42. The molecule has 0 aliphatic carbocycles. The maximum atomic E-state index is 13.8. The normalized spacial score (nSPS) is 12.4. The molecular weight excluding hydrogens is 256 g/mol. The van der Waals surface area contributed by atoms with Crippen molar-refractivity contribution in [1.82, 2.24) is 5.32 Å². The van der Waals surface area contributed by atoms with E-state index in [2.05, 4.69) is 5.32 Å². The summed E-state index contributed by atoms with van der Waals surface area (Å²) in [5.41, 5.74) is 2.67. The van der Waals surface area contributed by atoms with Crippen molar-refractivity contribution in [3.8, 4) is 0 Å². The highest BCUT2D eigenvalue weighted by atomic mass is 19.2. The minimum atomic E-state index is -0.790. The number of nitrogens with one attached hydrogen (secondary N) is 1. The van der Waals surface area contributed by atoms with E-state index in [9.17, 15) is 8.78 Å². The van der Waals surface area contributed by atoms with Crippen LogP contribution < -0.4 is 5.32 Å². The van der Waals surface area contributed by atoms with Gasteiger partial charge >= 0.3 is 0 Å². The minimum absolute atomic E-state index is 0.0168. The van der Waals surface area contributed by atoms with Gasteiger partial charge in [-0.25, -0.2) is 8.78 Å². The Morgan fingerprint density at radius 2 is 1.75 bits per heavy atom. The standard InChI is InChI=1S/C17H19F2N/c1-3-20-16(13-9-7-12(2)8-10-13)11-14-5-4-6-15(18)17(14)19/h4-10,16,20H,3,11H2,1-2H3. The number of hydrogen-bond acceptors (Lipinski definition) is 1. The van der Waals surface area contributed by atoms with Crippen molar-refractivity contribution in [3.05, 3.63) is 70.8 Å². The molecule has 0 heterocycles. The lowest BCUT2D eigenvalue weighted by Gasteiger charge is -2.19. The van der Waals surface area contributed by atoms with Gasteiger partial charge in [0.05, 0.1) is 0 Å². The molecule has 0 spiro atoms. The smallest absolute Gasteiger partial charge is 0.162 e. The van der Waals surface area contributed by atoms with Crippen molar-refractivity contribution in [2.45, 2.75) is 26.3 Å². The zero-order valence-corrected chi connectivity index (χ0v) is 11.8. The number of hydrogen-bond donors (Lipinski definition) is 1. The van der Waals surface area contributed by atoms with E-state index < -0.39 is 11.6 Å². The Labute approximate surface area is 118 Å². The molecular formula is C17H19F2N. The summed E-state index contributed by atoms with van der Waals surface area (Å²) in [6, 6.07) is 12.4. The molecule has 1 N–H and O–H groups in total. The van der Waals surface area contributed by atoms with Gasteiger partial charge < -0.3 is 5.32 Å². The van der Waals surface area contributed by atoms with Crippen molar-refractivity contribution in [1.29, 1.82) is 0 Å². The number of likely N-dealkylation sites (N-methyl/N-ethyl adjacent to an activating group) is 1. The average Bonchev–Trinajstić information content (AvgIpc) is 2.44. The van der Waals surface area contributed by atoms with Crippen LogP contribution in [0.1, 0.15) is 29.7 Å². The van der Waals surface area contributed by atoms with Crippen molar-refractivity contribution in [2.24, 2.45) is 0 Å². The fourth-order valence-electron chi connectivity index (χ4n) is 2.28. The van der Waals surface area contributed by atoms with Crippen LogP contribution in [0, 0.1) is 18.6 Å². The second kappa shape index (κ2) is 6.62. The van der Waals surface area contributed by atoms with Gasteiger partial charge in [0.15, 0.2) is 11.6 Å². The van der Waals surface area contributed by atoms with Crippen LogP contribution >= 0.6 is 0 Å². The van der Waals surface area contributed by atoms with Crippen LogP contribution in [-0.4, -0.2) is 6.54 Å². The molecule has 0 radical (unpaired) electrons. The molecule has 106 valence electrons. The van der Waals surface area contributed by atoms with Crippen LogP contribution in [-0.2, 0) is 6.42 Å². The first-order valence-corrected chi connectivity index (χ1v) is 6.84. The zero-order chi connectivity index (χ0) is 14.5. The fraction of sp³-hybridized carbons (Fsp3) is 0.294. The lowest BCUT2D eigenvalue weighted by molar-refractivity contribution is 0.481. The molecule has 1 atom stereocenters. The van der Waals surface area contributed by atoms with E-state index in [1.54, 1.807) is 12.1 Å². The summed E-state index contributed by atoms with van der Waals surface area (Å²) in [7, 11) is 0. The summed E-state index contributed by atoms with van der Waals surface area (Å²) in [5.74, 6) is -1.54. The van der Waals surface area contributed by atoms with E-state index in [1.165, 1.54) is 5.56 Å². The van der Waals surface area contributed by atoms with Gasteiger partial charge in [-0.2, -0.15) is 0 Å². The highest BCUT2D eigenvalue weighted by Gasteiger charge is 2.15. The highest BCUT2D eigenvalue weighted by Crippen LogP contribution is 2.21. The van der Waals surface area contributed by atoms with Crippen molar-refractivity contribution in [3.63, 3.8) is 0 Å². The molecule has 1 unspecified atom stereocenters. The molecule has 0 aromatic heterocycles. The summed E-state index contributed by atoms with van der Waals surface area (Å²) in [6.45, 7) is 4.80. The summed E-state index contributed by atoms with van der Waals surface area (Å²) < 4.78 is 27.1. The van der Waals surface area contributed by atoms with E-state index in [-0.39, 0.29) is 6.04 Å². The molecule has 3 heteroatoms. The first-order valence-electron chi connectivity index (χ1n) is 6.84. The van der Waals surface area contributed by atoms with Gasteiger partial charge in [-0.05, 0) is 37.1 Å². The topological polar surface area (TPSA) is 12.0 Å². The summed E-state index contributed by atoms with van der Waals surface area (Å²) in [5, 5.41) is 3.32. The molecule has 0 amide bonds. The monoisotopic (exact) mass is 275 g/mol. The van der Waals surface area contributed by atoms with Crippen LogP contribution in [0.2, 0.25) is 0 Å². The minimum Gasteiger partial charge on any atom is -0.310 e. The third-order valence-corrected chi connectivity index (χ3v) is 3.39. The lowest BCUT2D eigenvalue weighted by Crippen LogP contribution is -2.23. The molecule has 1 nitrogen and oxygen atoms in total. The van der Waals surface area contributed by atoms with E-state index in [0.29, 0.717) is 12.0 Å². The molecule has 2 aromatic rings. The Bertz CT molecular complexity index is 564. The van der Waals surface area contributed by atoms with Gasteiger partial charge in [0.1, 0.15) is 0 Å². The van der Waals surface area contributed by atoms with Gasteiger partial charge in [-0.15, -0.1) is 0 Å². The molecule has 20 heavy (non-hydrogen) atoms. The lowest BCUT2D eigenvalue weighted by atomic mass is 9.97. The molecule has 0 bridgehead atoms. The first-order chi connectivity index (χ1) is 9.61. The number of benzene rings is 2. The predicted octanol–water partition coefficient (Wildman–Crippen LogP) is 4.17. The average molecular weight is 275 g/mol. The summed E-state index contributed by atoms with van der Waals surface area (Å²) in [4.78, 5) is 0. The van der Waals surface area contributed by atoms with Gasteiger partial charge in [-0.1, -0.05) is 48.9 Å². The number of aryl methyl sites for hydroxylation is 1. The Balaban J connectivity index is 2.25. The van der Waals surface area contributed by atoms with Crippen LogP contribution in [0.25, 0.3) is 0 Å². The van der Waals surface area contributed by atoms with Crippen molar-refractivity contribution in [2.75, 3.05) is 6.54 Å². The van der Waals surface area contributed by atoms with Crippen molar-refractivity contribution < 1.29 is 8.78 Å². The largest absolute Gasteiger partial charge is 0.310 e. The second-order valence-corrected chi connectivity index (χ2v) is 4.94. The molecule has 0 fully saturated rings. The van der Waals surface area contributed by atoms with Crippen LogP contribution in [0.3, 0.4) is 0 Å². The molecule has 0 saturated heterocycles. The molecule has 2 aromatic carbocycles. The van der Waals surface area contributed by atoms with Crippen molar-refractivity contribution >= 4 is 0 Å². The summed E-state index contributed by atoms with van der Waals surface area (Å²) in [6.07, 6.45) is 0.431. The molecule has 0 aliphatic heterocycles.